The number of imidazole rings is 1. The first-order valence-corrected chi connectivity index (χ1v) is 12.6. The van der Waals surface area contributed by atoms with Gasteiger partial charge in [-0.15, -0.1) is 11.3 Å². The zero-order valence-corrected chi connectivity index (χ0v) is 19.7. The minimum Gasteiger partial charge on any atom is -0.336 e. The molecule has 7 rings (SSSR count). The van der Waals surface area contributed by atoms with Crippen LogP contribution in [0, 0.1) is 0 Å². The molecule has 7 heterocycles. The van der Waals surface area contributed by atoms with E-state index in [9.17, 15) is 0 Å². The summed E-state index contributed by atoms with van der Waals surface area (Å²) in [6.45, 7) is 3.25. The molecule has 1 saturated heterocycles. The minimum atomic E-state index is 0.669. The highest BCUT2D eigenvalue weighted by Gasteiger charge is 2.18. The number of H-pyrrole nitrogens is 2. The Morgan fingerprint density at radius 1 is 0.943 bits per heavy atom. The van der Waals surface area contributed by atoms with Gasteiger partial charge in [-0.3, -0.25) is 20.0 Å². The van der Waals surface area contributed by atoms with Gasteiger partial charge < -0.3 is 4.98 Å². The molecule has 0 aromatic carbocycles. The van der Waals surface area contributed by atoms with Gasteiger partial charge in [-0.25, -0.2) is 9.97 Å². The highest BCUT2D eigenvalue weighted by atomic mass is 32.1. The third-order valence-electron chi connectivity index (χ3n) is 6.48. The molecule has 0 unspecified atom stereocenters. The van der Waals surface area contributed by atoms with Gasteiger partial charge in [0.25, 0.3) is 0 Å². The summed E-state index contributed by atoms with van der Waals surface area (Å²) in [5.74, 6) is 0.669. The van der Waals surface area contributed by atoms with Crippen LogP contribution in [0.5, 0.6) is 0 Å². The Morgan fingerprint density at radius 3 is 2.74 bits per heavy atom. The van der Waals surface area contributed by atoms with E-state index < -0.39 is 0 Å². The van der Waals surface area contributed by atoms with E-state index in [2.05, 4.69) is 42.2 Å². The van der Waals surface area contributed by atoms with Gasteiger partial charge in [-0.1, -0.05) is 6.07 Å². The van der Waals surface area contributed by atoms with Crippen LogP contribution in [-0.4, -0.2) is 53.1 Å². The number of hydrogen-bond acceptors (Lipinski definition) is 7. The van der Waals surface area contributed by atoms with Crippen LogP contribution < -0.4 is 0 Å². The Kier molecular flexibility index (Phi) is 4.88. The summed E-state index contributed by atoms with van der Waals surface area (Å²) < 4.78 is 0. The molecule has 0 spiro atoms. The van der Waals surface area contributed by atoms with Crippen molar-refractivity contribution in [3.8, 4) is 33.3 Å². The second-order valence-electron chi connectivity index (χ2n) is 8.85. The predicted octanol–water partition coefficient (Wildman–Crippen LogP) is 5.28. The summed E-state index contributed by atoms with van der Waals surface area (Å²) in [7, 11) is 0. The lowest BCUT2D eigenvalue weighted by atomic mass is 10.1. The standard InChI is InChI=1S/C26H22N8S/c1-2-10-34(9-1)15-16-12-17(14-27-13-16)18-5-6-20-23(29-18)25(33-32-20)26-30-19-7-8-28-24(22(19)31-26)21-4-3-11-35-21/h3-8,11-14H,1-2,9-10,15H2,(H,30,31)(H,32,33). The fourth-order valence-electron chi connectivity index (χ4n) is 4.78. The molecule has 9 heteroatoms. The van der Waals surface area contributed by atoms with Gasteiger partial charge in [0.2, 0.25) is 0 Å². The van der Waals surface area contributed by atoms with Crippen LogP contribution in [0.2, 0.25) is 0 Å². The lowest BCUT2D eigenvalue weighted by molar-refractivity contribution is 0.331. The Morgan fingerprint density at radius 2 is 1.86 bits per heavy atom. The van der Waals surface area contributed by atoms with Crippen molar-refractivity contribution < 1.29 is 0 Å². The van der Waals surface area contributed by atoms with Crippen molar-refractivity contribution in [3.63, 3.8) is 0 Å². The Balaban J connectivity index is 1.28. The third kappa shape index (κ3) is 3.69. The van der Waals surface area contributed by atoms with Gasteiger partial charge in [0.05, 0.1) is 21.6 Å². The molecule has 0 radical (unpaired) electrons. The van der Waals surface area contributed by atoms with Crippen molar-refractivity contribution in [2.24, 2.45) is 0 Å². The molecular weight excluding hydrogens is 456 g/mol. The van der Waals surface area contributed by atoms with Crippen LogP contribution in [0.1, 0.15) is 18.4 Å². The fourth-order valence-corrected chi connectivity index (χ4v) is 5.50. The van der Waals surface area contributed by atoms with Crippen LogP contribution in [0.25, 0.3) is 55.4 Å². The van der Waals surface area contributed by atoms with Crippen LogP contribution in [0.3, 0.4) is 0 Å². The van der Waals surface area contributed by atoms with E-state index in [0.29, 0.717) is 11.5 Å². The maximum Gasteiger partial charge on any atom is 0.161 e. The lowest BCUT2D eigenvalue weighted by Gasteiger charge is -2.14. The molecule has 0 bridgehead atoms. The number of fused-ring (bicyclic) bond motifs is 2. The molecule has 6 aromatic heterocycles. The van der Waals surface area contributed by atoms with Crippen molar-refractivity contribution in [2.45, 2.75) is 19.4 Å². The van der Waals surface area contributed by atoms with Gasteiger partial charge in [-0.2, -0.15) is 5.10 Å². The number of aromatic amines is 2. The van der Waals surface area contributed by atoms with Crippen molar-refractivity contribution >= 4 is 33.4 Å². The number of aromatic nitrogens is 7. The molecule has 35 heavy (non-hydrogen) atoms. The first-order chi connectivity index (χ1) is 17.3. The molecule has 6 aromatic rings. The maximum absolute atomic E-state index is 4.98. The topological polar surface area (TPSA) is 99.3 Å². The van der Waals surface area contributed by atoms with Crippen LogP contribution in [0.4, 0.5) is 0 Å². The average molecular weight is 479 g/mol. The molecule has 2 N–H and O–H groups in total. The number of nitrogens with zero attached hydrogens (tertiary/aromatic N) is 6. The lowest BCUT2D eigenvalue weighted by Crippen LogP contribution is -2.18. The molecule has 1 fully saturated rings. The summed E-state index contributed by atoms with van der Waals surface area (Å²) in [6, 6.07) is 12.2. The summed E-state index contributed by atoms with van der Waals surface area (Å²) >= 11 is 1.65. The molecule has 0 amide bonds. The van der Waals surface area contributed by atoms with E-state index in [1.807, 2.05) is 42.0 Å². The summed E-state index contributed by atoms with van der Waals surface area (Å²) in [6.07, 6.45) is 8.20. The Hall–Kier alpha value is -3.95. The molecule has 1 aliphatic heterocycles. The van der Waals surface area contributed by atoms with Crippen LogP contribution >= 0.6 is 11.3 Å². The molecule has 172 valence electrons. The van der Waals surface area contributed by atoms with Gasteiger partial charge in [-0.05, 0) is 67.2 Å². The molecular formula is C26H22N8S. The number of rotatable bonds is 5. The number of hydrogen-bond donors (Lipinski definition) is 2. The van der Waals surface area contributed by atoms with Crippen LogP contribution in [0.15, 0.2) is 60.4 Å². The van der Waals surface area contributed by atoms with Gasteiger partial charge in [0.15, 0.2) is 11.5 Å². The van der Waals surface area contributed by atoms with E-state index in [4.69, 9.17) is 9.97 Å². The van der Waals surface area contributed by atoms with Crippen molar-refractivity contribution in [2.75, 3.05) is 13.1 Å². The number of thiophene rings is 1. The van der Waals surface area contributed by atoms with Crippen molar-refractivity contribution in [3.05, 3.63) is 65.9 Å². The Labute approximate surface area is 205 Å². The van der Waals surface area contributed by atoms with E-state index in [-0.39, 0.29) is 0 Å². The summed E-state index contributed by atoms with van der Waals surface area (Å²) in [5, 5.41) is 9.70. The highest BCUT2D eigenvalue weighted by Crippen LogP contribution is 2.32. The first-order valence-electron chi connectivity index (χ1n) is 11.7. The minimum absolute atomic E-state index is 0.669. The Bertz CT molecular complexity index is 1640. The van der Waals surface area contributed by atoms with E-state index in [1.165, 1.54) is 18.4 Å². The normalized spacial score (nSPS) is 14.4. The smallest absolute Gasteiger partial charge is 0.161 e. The average Bonchev–Trinajstić information content (AvgIpc) is 3.70. The monoisotopic (exact) mass is 478 g/mol. The number of likely N-dealkylation sites (tertiary alicyclic amines) is 1. The van der Waals surface area contributed by atoms with Crippen molar-refractivity contribution in [1.82, 2.24) is 40.0 Å². The molecule has 0 atom stereocenters. The van der Waals surface area contributed by atoms with E-state index in [1.54, 1.807) is 17.5 Å². The molecule has 0 saturated carbocycles. The molecule has 0 aliphatic carbocycles. The van der Waals surface area contributed by atoms with Crippen LogP contribution in [-0.2, 0) is 6.54 Å². The van der Waals surface area contributed by atoms with Crippen molar-refractivity contribution in [1.29, 1.82) is 0 Å². The van der Waals surface area contributed by atoms with Gasteiger partial charge in [0.1, 0.15) is 16.7 Å². The summed E-state index contributed by atoms with van der Waals surface area (Å²) in [5.41, 5.74) is 8.03. The number of nitrogens with one attached hydrogen (secondary N) is 2. The second kappa shape index (κ2) is 8.37. The van der Waals surface area contributed by atoms with E-state index >= 15 is 0 Å². The molecule has 1 aliphatic rings. The fraction of sp³-hybridized carbons (Fsp3) is 0.192. The number of pyridine rings is 3. The highest BCUT2D eigenvalue weighted by molar-refractivity contribution is 7.13. The quantitative estimate of drug-likeness (QED) is 0.350. The second-order valence-corrected chi connectivity index (χ2v) is 9.80. The largest absolute Gasteiger partial charge is 0.336 e. The third-order valence-corrected chi connectivity index (χ3v) is 7.36. The first kappa shape index (κ1) is 20.4. The zero-order chi connectivity index (χ0) is 23.2. The van der Waals surface area contributed by atoms with Gasteiger partial charge in [0, 0.05) is 30.7 Å². The van der Waals surface area contributed by atoms with E-state index in [0.717, 1.165) is 63.5 Å². The zero-order valence-electron chi connectivity index (χ0n) is 18.9. The molecule has 8 nitrogen and oxygen atoms in total. The predicted molar refractivity (Wildman–Crippen MR) is 138 cm³/mol. The van der Waals surface area contributed by atoms with Gasteiger partial charge >= 0.3 is 0 Å². The summed E-state index contributed by atoms with van der Waals surface area (Å²) in [4.78, 5) is 25.9. The SMILES string of the molecule is c1csc(-c2nccc3[nH]c(-c4n[nH]c5ccc(-c6cncc(CN7CCCC7)c6)nc45)nc23)c1. The maximum atomic E-state index is 4.98.